The molecule has 2 aromatic rings. The standard InChI is InChI=1S/C23H25ClFN3O4S/c24-17-7-9-20(19(25)14-17)26-22(29)15-28-21-10-8-18(13-16(21)5-4-6-23(28)30)33(31,32)27-11-2-1-3-12-27/h7-10,13-14H,1-6,11-12,15H2,(H,26,29). The predicted octanol–water partition coefficient (Wildman–Crippen LogP) is 3.96. The minimum absolute atomic E-state index is 0.0325. The van der Waals surface area contributed by atoms with Crippen LogP contribution in [0.3, 0.4) is 0 Å². The number of amides is 2. The molecule has 0 spiro atoms. The smallest absolute Gasteiger partial charge is 0.244 e. The van der Waals surface area contributed by atoms with Crippen LogP contribution in [-0.4, -0.2) is 44.2 Å². The van der Waals surface area contributed by atoms with Gasteiger partial charge in [-0.05, 0) is 67.6 Å². The summed E-state index contributed by atoms with van der Waals surface area (Å²) in [6.07, 6.45) is 4.00. The fourth-order valence-corrected chi connectivity index (χ4v) is 5.96. The molecule has 1 saturated heterocycles. The highest BCUT2D eigenvalue weighted by molar-refractivity contribution is 7.89. The lowest BCUT2D eigenvalue weighted by molar-refractivity contribution is -0.121. The molecule has 0 aromatic heterocycles. The van der Waals surface area contributed by atoms with Crippen LogP contribution in [-0.2, 0) is 26.0 Å². The summed E-state index contributed by atoms with van der Waals surface area (Å²) in [5.41, 5.74) is 1.17. The van der Waals surface area contributed by atoms with Crippen molar-refractivity contribution in [2.24, 2.45) is 0 Å². The second-order valence-corrected chi connectivity index (χ2v) is 10.6. The van der Waals surface area contributed by atoms with Gasteiger partial charge in [0.2, 0.25) is 21.8 Å². The molecule has 2 heterocycles. The molecule has 0 atom stereocenters. The zero-order valence-corrected chi connectivity index (χ0v) is 19.6. The molecule has 4 rings (SSSR count). The number of aryl methyl sites for hydroxylation is 1. The number of piperidine rings is 1. The van der Waals surface area contributed by atoms with Crippen molar-refractivity contribution in [3.8, 4) is 0 Å². The molecule has 2 aromatic carbocycles. The molecular weight excluding hydrogens is 469 g/mol. The average Bonchev–Trinajstić information content (AvgIpc) is 2.94. The first kappa shape index (κ1) is 23.7. The maximum Gasteiger partial charge on any atom is 0.244 e. The lowest BCUT2D eigenvalue weighted by Crippen LogP contribution is -2.38. The van der Waals surface area contributed by atoms with E-state index in [9.17, 15) is 22.4 Å². The molecule has 10 heteroatoms. The van der Waals surface area contributed by atoms with Crippen LogP contribution in [0, 0.1) is 5.82 Å². The van der Waals surface area contributed by atoms with E-state index in [1.54, 1.807) is 12.1 Å². The van der Waals surface area contributed by atoms with Crippen molar-refractivity contribution in [2.75, 3.05) is 29.9 Å². The third-order valence-electron chi connectivity index (χ3n) is 5.94. The predicted molar refractivity (Wildman–Crippen MR) is 124 cm³/mol. The Bertz CT molecular complexity index is 1180. The first-order chi connectivity index (χ1) is 15.8. The number of carbonyl (C=O) groups is 2. The molecule has 1 N–H and O–H groups in total. The van der Waals surface area contributed by atoms with Gasteiger partial charge in [-0.25, -0.2) is 12.8 Å². The Morgan fingerprint density at radius 3 is 2.52 bits per heavy atom. The van der Waals surface area contributed by atoms with Crippen molar-refractivity contribution in [3.05, 3.63) is 52.8 Å². The highest BCUT2D eigenvalue weighted by Crippen LogP contribution is 2.31. The number of rotatable bonds is 5. The van der Waals surface area contributed by atoms with E-state index in [4.69, 9.17) is 11.6 Å². The van der Waals surface area contributed by atoms with Gasteiger partial charge in [-0.1, -0.05) is 18.0 Å². The van der Waals surface area contributed by atoms with Crippen LogP contribution >= 0.6 is 11.6 Å². The van der Waals surface area contributed by atoms with Gasteiger partial charge in [-0.2, -0.15) is 4.31 Å². The van der Waals surface area contributed by atoms with E-state index < -0.39 is 21.7 Å². The molecule has 0 unspecified atom stereocenters. The second-order valence-electron chi connectivity index (χ2n) is 8.26. The summed E-state index contributed by atoms with van der Waals surface area (Å²) in [6.45, 7) is 0.697. The van der Waals surface area contributed by atoms with Gasteiger partial charge >= 0.3 is 0 Å². The van der Waals surface area contributed by atoms with Crippen LogP contribution in [0.5, 0.6) is 0 Å². The summed E-state index contributed by atoms with van der Waals surface area (Å²) in [6, 6.07) is 8.59. The molecule has 7 nitrogen and oxygen atoms in total. The van der Waals surface area contributed by atoms with E-state index in [0.29, 0.717) is 37.2 Å². The van der Waals surface area contributed by atoms with Gasteiger partial charge in [0.1, 0.15) is 12.4 Å². The van der Waals surface area contributed by atoms with Crippen molar-refractivity contribution in [1.82, 2.24) is 4.31 Å². The highest BCUT2D eigenvalue weighted by Gasteiger charge is 2.29. The summed E-state index contributed by atoms with van der Waals surface area (Å²) >= 11 is 5.75. The molecule has 2 amide bonds. The number of nitrogens with one attached hydrogen (secondary N) is 1. The van der Waals surface area contributed by atoms with Gasteiger partial charge in [0.15, 0.2) is 0 Å². The summed E-state index contributed by atoms with van der Waals surface area (Å²) in [5, 5.41) is 2.67. The third-order valence-corrected chi connectivity index (χ3v) is 8.07. The van der Waals surface area contributed by atoms with Crippen molar-refractivity contribution in [3.63, 3.8) is 0 Å². The van der Waals surface area contributed by atoms with E-state index in [2.05, 4.69) is 5.32 Å². The normalized spacial score (nSPS) is 17.4. The Morgan fingerprint density at radius 1 is 1.03 bits per heavy atom. The number of benzene rings is 2. The Labute approximate surface area is 197 Å². The number of nitrogens with zero attached hydrogens (tertiary/aromatic N) is 2. The van der Waals surface area contributed by atoms with Crippen molar-refractivity contribution < 1.29 is 22.4 Å². The molecular formula is C23H25ClFN3O4S. The fraction of sp³-hybridized carbons (Fsp3) is 0.391. The quantitative estimate of drug-likeness (QED) is 0.683. The Kier molecular flexibility index (Phi) is 7.02. The zero-order valence-electron chi connectivity index (χ0n) is 18.0. The first-order valence-electron chi connectivity index (χ1n) is 10.9. The van der Waals surface area contributed by atoms with Crippen LogP contribution in [0.4, 0.5) is 15.8 Å². The zero-order chi connectivity index (χ0) is 23.6. The maximum atomic E-state index is 14.0. The average molecular weight is 494 g/mol. The van der Waals surface area contributed by atoms with Crippen molar-refractivity contribution in [2.45, 2.75) is 43.4 Å². The van der Waals surface area contributed by atoms with Crippen LogP contribution in [0.2, 0.25) is 5.02 Å². The molecule has 2 aliphatic rings. The van der Waals surface area contributed by atoms with Crippen LogP contribution < -0.4 is 10.2 Å². The van der Waals surface area contributed by atoms with E-state index in [0.717, 1.165) is 25.3 Å². The number of anilines is 2. The van der Waals surface area contributed by atoms with Crippen molar-refractivity contribution >= 4 is 44.8 Å². The number of fused-ring (bicyclic) bond motifs is 1. The minimum Gasteiger partial charge on any atom is -0.322 e. The van der Waals surface area contributed by atoms with Gasteiger partial charge in [0.05, 0.1) is 10.6 Å². The molecule has 0 aliphatic carbocycles. The molecule has 176 valence electrons. The van der Waals surface area contributed by atoms with E-state index in [1.165, 1.54) is 27.4 Å². The van der Waals surface area contributed by atoms with E-state index in [-0.39, 0.29) is 34.5 Å². The highest BCUT2D eigenvalue weighted by atomic mass is 35.5. The van der Waals surface area contributed by atoms with Crippen LogP contribution in [0.1, 0.15) is 37.7 Å². The van der Waals surface area contributed by atoms with E-state index in [1.807, 2.05) is 0 Å². The second kappa shape index (κ2) is 9.79. The number of hydrogen-bond donors (Lipinski definition) is 1. The lowest BCUT2D eigenvalue weighted by atomic mass is 10.1. The Hall–Kier alpha value is -2.49. The van der Waals surface area contributed by atoms with Gasteiger partial charge < -0.3 is 10.2 Å². The molecule has 0 bridgehead atoms. The molecule has 0 radical (unpaired) electrons. The lowest BCUT2D eigenvalue weighted by Gasteiger charge is -2.27. The fourth-order valence-electron chi connectivity index (χ4n) is 4.24. The third kappa shape index (κ3) is 5.20. The van der Waals surface area contributed by atoms with Gasteiger partial charge in [0.25, 0.3) is 0 Å². The Balaban J connectivity index is 1.57. The summed E-state index contributed by atoms with van der Waals surface area (Å²) in [7, 11) is -3.61. The largest absolute Gasteiger partial charge is 0.322 e. The summed E-state index contributed by atoms with van der Waals surface area (Å²) < 4.78 is 41.7. The molecule has 33 heavy (non-hydrogen) atoms. The SMILES string of the molecule is O=C(CN1C(=O)CCCc2cc(S(=O)(=O)N3CCCCC3)ccc21)Nc1ccc(Cl)cc1F. The molecule has 0 saturated carbocycles. The molecule has 2 aliphatic heterocycles. The maximum absolute atomic E-state index is 14.0. The van der Waals surface area contributed by atoms with Crippen molar-refractivity contribution in [1.29, 1.82) is 0 Å². The first-order valence-corrected chi connectivity index (χ1v) is 12.8. The van der Waals surface area contributed by atoms with Crippen LogP contribution in [0.25, 0.3) is 0 Å². The number of carbonyl (C=O) groups excluding carboxylic acids is 2. The summed E-state index contributed by atoms with van der Waals surface area (Å²) in [5.74, 6) is -1.49. The van der Waals surface area contributed by atoms with Gasteiger partial charge in [0, 0.05) is 30.2 Å². The number of hydrogen-bond acceptors (Lipinski definition) is 4. The van der Waals surface area contributed by atoms with Crippen LogP contribution in [0.15, 0.2) is 41.3 Å². The van der Waals surface area contributed by atoms with E-state index >= 15 is 0 Å². The Morgan fingerprint density at radius 2 is 1.79 bits per heavy atom. The van der Waals surface area contributed by atoms with Gasteiger partial charge in [-0.15, -0.1) is 0 Å². The van der Waals surface area contributed by atoms with Gasteiger partial charge in [-0.3, -0.25) is 9.59 Å². The number of sulfonamides is 1. The molecule has 1 fully saturated rings. The summed E-state index contributed by atoms with van der Waals surface area (Å²) in [4.78, 5) is 26.9. The number of halogens is 2. The topological polar surface area (TPSA) is 86.8 Å². The minimum atomic E-state index is -3.61. The monoisotopic (exact) mass is 493 g/mol.